The quantitative estimate of drug-likeness (QED) is 0.175. The largest absolute Gasteiger partial charge is 0.465 e. The molecule has 1 aromatic heterocycles. The molecule has 44 heavy (non-hydrogen) atoms. The Bertz CT molecular complexity index is 1680. The summed E-state index contributed by atoms with van der Waals surface area (Å²) in [4.78, 5) is 31.5. The molecular weight excluding hydrogens is 611 g/mol. The molecule has 0 saturated carbocycles. The maximum absolute atomic E-state index is 15.2. The predicted molar refractivity (Wildman–Crippen MR) is 172 cm³/mol. The number of nitrogens with zero attached hydrogens (tertiary/aromatic N) is 5. The maximum atomic E-state index is 15.2. The zero-order valence-corrected chi connectivity index (χ0v) is 26.4. The van der Waals surface area contributed by atoms with Gasteiger partial charge in [0.1, 0.15) is 12.1 Å². The standard InChI is InChI=1S/C30H34ClFN6O5S/c1-15(2)20-10-19(14-39)9-16(3)27(20)38-28-21(11-22(31)26(34-28)25-23(32)7-6-8-24(25)33)29(35-44(38,42)43)36-12-18(5)37(30(40)41)13-17(36)4/h6-11,14-15,17-18,42-43H,12-13,33H2,1-5H3,(H,40,41)/t17-,18+/m0/s1. The summed E-state index contributed by atoms with van der Waals surface area (Å²) in [6.45, 7) is 9.46. The van der Waals surface area contributed by atoms with E-state index < -0.39 is 35.0 Å². The molecule has 5 rings (SSSR count). The number of hydrogen-bond acceptors (Lipinski definition) is 9. The van der Waals surface area contributed by atoms with Crippen molar-refractivity contribution in [3.8, 4) is 11.3 Å². The van der Waals surface area contributed by atoms with Gasteiger partial charge in [0.25, 0.3) is 0 Å². The van der Waals surface area contributed by atoms with E-state index in [9.17, 15) is 23.8 Å². The van der Waals surface area contributed by atoms with Crippen LogP contribution in [0.3, 0.4) is 0 Å². The van der Waals surface area contributed by atoms with E-state index in [0.29, 0.717) is 27.9 Å². The molecule has 3 heterocycles. The molecule has 1 amide bonds. The summed E-state index contributed by atoms with van der Waals surface area (Å²) >= 11 is 6.77. The number of pyridine rings is 1. The highest BCUT2D eigenvalue weighted by atomic mass is 35.5. The third-order valence-corrected chi connectivity index (χ3v) is 9.49. The van der Waals surface area contributed by atoms with Crippen LogP contribution in [0.2, 0.25) is 5.02 Å². The summed E-state index contributed by atoms with van der Waals surface area (Å²) in [5.41, 5.74) is 8.52. The Morgan fingerprint density at radius 2 is 1.89 bits per heavy atom. The Hall–Kier alpha value is -3.91. The first-order valence-electron chi connectivity index (χ1n) is 14.0. The first-order valence-corrected chi connectivity index (χ1v) is 15.8. The van der Waals surface area contributed by atoms with Gasteiger partial charge in [0.15, 0.2) is 11.7 Å². The number of rotatable bonds is 4. The van der Waals surface area contributed by atoms with Gasteiger partial charge < -0.3 is 20.6 Å². The van der Waals surface area contributed by atoms with E-state index in [4.69, 9.17) is 22.3 Å². The molecule has 3 aromatic rings. The fourth-order valence-electron chi connectivity index (χ4n) is 5.83. The lowest BCUT2D eigenvalue weighted by atomic mass is 9.95. The lowest BCUT2D eigenvalue weighted by molar-refractivity contribution is 0.0750. The Balaban J connectivity index is 1.81. The molecule has 2 aliphatic heterocycles. The number of carbonyl (C=O) groups excluding carboxylic acids is 1. The average Bonchev–Trinajstić information content (AvgIpc) is 2.94. The molecule has 0 aliphatic carbocycles. The van der Waals surface area contributed by atoms with Gasteiger partial charge in [-0.15, -0.1) is 4.40 Å². The second kappa shape index (κ2) is 11.5. The van der Waals surface area contributed by atoms with Crippen molar-refractivity contribution in [1.82, 2.24) is 14.8 Å². The van der Waals surface area contributed by atoms with Crippen molar-refractivity contribution >= 4 is 58.0 Å². The number of fused-ring (bicyclic) bond motifs is 1. The van der Waals surface area contributed by atoms with Crippen molar-refractivity contribution in [2.75, 3.05) is 23.1 Å². The number of carbonyl (C=O) groups is 2. The van der Waals surface area contributed by atoms with Crippen molar-refractivity contribution < 1.29 is 28.2 Å². The minimum Gasteiger partial charge on any atom is -0.465 e. The number of amidine groups is 1. The third kappa shape index (κ3) is 5.34. The predicted octanol–water partition coefficient (Wildman–Crippen LogP) is 6.92. The number of hydrogen-bond donors (Lipinski definition) is 4. The lowest BCUT2D eigenvalue weighted by Crippen LogP contribution is -2.59. The van der Waals surface area contributed by atoms with Crippen LogP contribution in [0, 0.1) is 12.7 Å². The van der Waals surface area contributed by atoms with Crippen molar-refractivity contribution in [1.29, 1.82) is 0 Å². The highest BCUT2D eigenvalue weighted by Crippen LogP contribution is 2.59. The van der Waals surface area contributed by atoms with Crippen LogP contribution in [0.1, 0.15) is 60.7 Å². The topological polar surface area (TPSA) is 156 Å². The summed E-state index contributed by atoms with van der Waals surface area (Å²) in [6.07, 6.45) is -0.338. The Kier molecular flexibility index (Phi) is 8.27. The van der Waals surface area contributed by atoms with Crippen LogP contribution in [0.25, 0.3) is 11.3 Å². The number of benzene rings is 2. The first kappa shape index (κ1) is 31.5. The summed E-state index contributed by atoms with van der Waals surface area (Å²) in [5, 5.41) is 9.73. The molecule has 1 saturated heterocycles. The van der Waals surface area contributed by atoms with E-state index >= 15 is 4.39 Å². The number of aromatic nitrogens is 1. The van der Waals surface area contributed by atoms with Gasteiger partial charge in [0, 0.05) is 36.4 Å². The Morgan fingerprint density at radius 1 is 1.18 bits per heavy atom. The first-order chi connectivity index (χ1) is 20.7. The molecule has 2 atom stereocenters. The minimum atomic E-state index is -4.06. The fraction of sp³-hybridized carbons (Fsp3) is 0.333. The number of anilines is 3. The molecule has 234 valence electrons. The number of amides is 1. The third-order valence-electron chi connectivity index (χ3n) is 7.94. The number of nitrogens with two attached hydrogens (primary N) is 1. The van der Waals surface area contributed by atoms with E-state index in [1.165, 1.54) is 33.5 Å². The normalized spacial score (nSPS) is 20.3. The zero-order valence-electron chi connectivity index (χ0n) is 24.8. The molecule has 14 heteroatoms. The van der Waals surface area contributed by atoms with Crippen LogP contribution < -0.4 is 10.0 Å². The molecule has 0 radical (unpaired) electrons. The zero-order chi connectivity index (χ0) is 32.2. The Labute approximate surface area is 261 Å². The highest BCUT2D eigenvalue weighted by molar-refractivity contribution is 8.24. The molecule has 2 aromatic carbocycles. The summed E-state index contributed by atoms with van der Waals surface area (Å²) in [7, 11) is -4.06. The van der Waals surface area contributed by atoms with Crippen LogP contribution >= 0.6 is 22.6 Å². The smallest absolute Gasteiger partial charge is 0.407 e. The molecule has 0 bridgehead atoms. The van der Waals surface area contributed by atoms with Crippen LogP contribution in [-0.2, 0) is 0 Å². The second-order valence-electron chi connectivity index (χ2n) is 11.4. The maximum Gasteiger partial charge on any atom is 0.407 e. The summed E-state index contributed by atoms with van der Waals surface area (Å²) in [5.74, 6) is -0.617. The molecular formula is C30H34ClFN6O5S. The van der Waals surface area contributed by atoms with E-state index in [2.05, 4.69) is 4.40 Å². The van der Waals surface area contributed by atoms with Crippen molar-refractivity contribution in [2.45, 2.75) is 52.6 Å². The van der Waals surface area contributed by atoms with Crippen LogP contribution in [0.5, 0.6) is 0 Å². The molecule has 1 fully saturated rings. The van der Waals surface area contributed by atoms with Gasteiger partial charge in [-0.2, -0.15) is 0 Å². The highest BCUT2D eigenvalue weighted by Gasteiger charge is 2.43. The van der Waals surface area contributed by atoms with Gasteiger partial charge in [-0.3, -0.25) is 13.9 Å². The van der Waals surface area contributed by atoms with E-state index in [0.717, 1.165) is 6.29 Å². The summed E-state index contributed by atoms with van der Waals surface area (Å²) < 4.78 is 44.6. The monoisotopic (exact) mass is 644 g/mol. The van der Waals surface area contributed by atoms with Crippen molar-refractivity contribution in [2.24, 2.45) is 4.40 Å². The van der Waals surface area contributed by atoms with Crippen molar-refractivity contribution in [3.05, 3.63) is 69.5 Å². The van der Waals surface area contributed by atoms with E-state index in [-0.39, 0.29) is 52.6 Å². The fourth-order valence-corrected chi connectivity index (χ4v) is 7.46. The van der Waals surface area contributed by atoms with Gasteiger partial charge in [-0.25, -0.2) is 18.5 Å². The lowest BCUT2D eigenvalue weighted by Gasteiger charge is -2.49. The van der Waals surface area contributed by atoms with Gasteiger partial charge in [0.05, 0.1) is 27.5 Å². The molecule has 5 N–H and O–H groups in total. The van der Waals surface area contributed by atoms with E-state index in [1.807, 2.05) is 20.8 Å². The van der Waals surface area contributed by atoms with Crippen molar-refractivity contribution in [3.63, 3.8) is 0 Å². The van der Waals surface area contributed by atoms with Crippen LogP contribution in [0.15, 0.2) is 40.8 Å². The van der Waals surface area contributed by atoms with Gasteiger partial charge in [-0.05, 0) is 79.1 Å². The Morgan fingerprint density at radius 3 is 2.50 bits per heavy atom. The number of nitrogen functional groups attached to an aromatic ring is 1. The summed E-state index contributed by atoms with van der Waals surface area (Å²) in [6, 6.07) is 8.19. The van der Waals surface area contributed by atoms with E-state index in [1.54, 1.807) is 30.9 Å². The molecule has 0 unspecified atom stereocenters. The number of aryl methyl sites for hydroxylation is 1. The average molecular weight is 645 g/mol. The van der Waals surface area contributed by atoms with Gasteiger partial charge >= 0.3 is 6.09 Å². The molecule has 2 aliphatic rings. The second-order valence-corrected chi connectivity index (χ2v) is 13.4. The van der Waals surface area contributed by atoms with Crippen LogP contribution in [-0.4, -0.2) is 72.4 Å². The molecule has 11 nitrogen and oxygen atoms in total. The number of aldehydes is 1. The number of halogens is 2. The van der Waals surface area contributed by atoms with Gasteiger partial charge in [0.2, 0.25) is 0 Å². The van der Waals surface area contributed by atoms with Gasteiger partial charge in [-0.1, -0.05) is 31.5 Å². The SMILES string of the molecule is Cc1cc(C=O)cc(C(C)C)c1N1c2nc(-c3c(N)cccc3F)c(Cl)cc2C(N2C[C@@H](C)N(C(=O)O)C[C@@H]2C)=NS1(O)O. The minimum absolute atomic E-state index is 0.00663. The number of piperazine rings is 1. The molecule has 0 spiro atoms. The number of carboxylic acid groups (broad SMARTS) is 1. The van der Waals surface area contributed by atoms with Crippen LogP contribution in [0.4, 0.5) is 26.4 Å².